The van der Waals surface area contributed by atoms with E-state index in [9.17, 15) is 29.4 Å². The zero-order valence-electron chi connectivity index (χ0n) is 27.7. The highest BCUT2D eigenvalue weighted by molar-refractivity contribution is 5.94. The predicted octanol–water partition coefficient (Wildman–Crippen LogP) is 0.559. The maximum absolute atomic E-state index is 12.0. The molecule has 4 aromatic carbocycles. The fourth-order valence-electron chi connectivity index (χ4n) is 4.19. The molecule has 4 N–H and O–H groups in total. The third-order valence-electron chi connectivity index (χ3n) is 7.17. The molecule has 48 heavy (non-hydrogen) atoms. The topological polar surface area (TPSA) is 166 Å². The van der Waals surface area contributed by atoms with Crippen LogP contribution in [0.4, 0.5) is 0 Å². The molecule has 254 valence electrons. The van der Waals surface area contributed by atoms with Gasteiger partial charge in [0.1, 0.15) is 0 Å². The molecule has 0 spiro atoms. The lowest BCUT2D eigenvalue weighted by Crippen LogP contribution is -2.85. The van der Waals surface area contributed by atoms with E-state index in [1.54, 1.807) is 12.1 Å². The Morgan fingerprint density at radius 1 is 0.521 bits per heavy atom. The molecule has 0 bridgehead atoms. The average Bonchev–Trinajstić information content (AvgIpc) is 3.11. The van der Waals surface area contributed by atoms with Crippen LogP contribution in [0.25, 0.3) is 0 Å². The van der Waals surface area contributed by atoms with Gasteiger partial charge in [0, 0.05) is 12.8 Å². The Balaban J connectivity index is 0.000000298. The first-order valence-corrected chi connectivity index (χ1v) is 15.7. The van der Waals surface area contributed by atoms with E-state index in [2.05, 4.69) is 109 Å². The van der Waals surface area contributed by atoms with E-state index in [1.807, 2.05) is 0 Å². The number of ether oxygens (including phenoxy) is 2. The van der Waals surface area contributed by atoms with Gasteiger partial charge in [0.15, 0.2) is 12.2 Å². The van der Waals surface area contributed by atoms with Crippen LogP contribution in [0, 0.1) is 0 Å². The number of carboxylic acids is 2. The SMILES string of the molecule is C[NH2+][C@H](C)Cc1ccccc1.C[NH2+][C@H](C)Cc1ccccc1.O=C(O[C@@H](C(=O)[O-])[C@@H](OC(=O)c1ccccc1)C(=O)[O-])c1ccccc1. The summed E-state index contributed by atoms with van der Waals surface area (Å²) in [5.74, 6) is -6.35. The summed E-state index contributed by atoms with van der Waals surface area (Å²) in [5, 5.41) is 27.0. The van der Waals surface area contributed by atoms with E-state index >= 15 is 0 Å². The number of hydrogen-bond acceptors (Lipinski definition) is 8. The van der Waals surface area contributed by atoms with Crippen molar-refractivity contribution >= 4 is 23.9 Å². The molecule has 0 aliphatic heterocycles. The van der Waals surface area contributed by atoms with Crippen molar-refractivity contribution in [3.05, 3.63) is 144 Å². The largest absolute Gasteiger partial charge is 0.546 e. The second kappa shape index (κ2) is 21.5. The van der Waals surface area contributed by atoms with Crippen molar-refractivity contribution in [2.24, 2.45) is 0 Å². The van der Waals surface area contributed by atoms with Crippen molar-refractivity contribution in [1.29, 1.82) is 0 Å². The quantitative estimate of drug-likeness (QED) is 0.197. The zero-order chi connectivity index (χ0) is 35.3. The minimum Gasteiger partial charge on any atom is -0.546 e. The molecule has 4 rings (SSSR count). The Kier molecular flexibility index (Phi) is 17.4. The first-order valence-electron chi connectivity index (χ1n) is 15.7. The third kappa shape index (κ3) is 14.4. The van der Waals surface area contributed by atoms with E-state index in [-0.39, 0.29) is 11.1 Å². The van der Waals surface area contributed by atoms with Gasteiger partial charge < -0.3 is 39.9 Å². The lowest BCUT2D eigenvalue weighted by Gasteiger charge is -2.28. The molecule has 0 aliphatic rings. The second-order valence-corrected chi connectivity index (χ2v) is 11.0. The standard InChI is InChI=1S/C18H14O8.2C10H15N/c19-15(20)13(25-17(23)11-7-3-1-4-8-11)14(16(21)22)26-18(24)12-9-5-2-6-10-12;2*1-9(11-2)8-10-6-4-3-5-7-10/h1-10,13-14H,(H,19,20)(H,21,22);2*3-7,9,11H,8H2,1-2H3/t13-,14-;2*9-/m111/s1. The van der Waals surface area contributed by atoms with Crippen LogP contribution in [0.5, 0.6) is 0 Å². The Morgan fingerprint density at radius 2 is 0.792 bits per heavy atom. The Labute approximate surface area is 281 Å². The Bertz CT molecular complexity index is 1400. The Morgan fingerprint density at radius 3 is 1.04 bits per heavy atom. The number of carbonyl (C=O) groups excluding carboxylic acids is 4. The number of likely N-dealkylation sites (N-methyl/N-ethyl adjacent to an activating group) is 2. The van der Waals surface area contributed by atoms with Gasteiger partial charge >= 0.3 is 11.9 Å². The number of esters is 2. The highest BCUT2D eigenvalue weighted by Crippen LogP contribution is 2.12. The van der Waals surface area contributed by atoms with Crippen LogP contribution >= 0.6 is 0 Å². The highest BCUT2D eigenvalue weighted by atomic mass is 16.6. The van der Waals surface area contributed by atoms with Crippen LogP contribution in [-0.4, -0.2) is 62.3 Å². The van der Waals surface area contributed by atoms with Gasteiger partial charge in [-0.2, -0.15) is 0 Å². The number of nitrogens with two attached hydrogens (primary N) is 2. The van der Waals surface area contributed by atoms with Crippen LogP contribution in [0.2, 0.25) is 0 Å². The Hall–Kier alpha value is -5.32. The van der Waals surface area contributed by atoms with Gasteiger partial charge in [-0.3, -0.25) is 0 Å². The molecule has 4 atom stereocenters. The molecular weight excluding hydrogens is 612 g/mol. The number of aliphatic carboxylic acids is 2. The van der Waals surface area contributed by atoms with Gasteiger partial charge in [-0.1, -0.05) is 97.1 Å². The van der Waals surface area contributed by atoms with Gasteiger partial charge in [-0.25, -0.2) is 9.59 Å². The lowest BCUT2D eigenvalue weighted by atomic mass is 10.1. The van der Waals surface area contributed by atoms with Crippen LogP contribution in [-0.2, 0) is 31.9 Å². The van der Waals surface area contributed by atoms with Crippen LogP contribution in [0.1, 0.15) is 45.7 Å². The molecule has 10 heteroatoms. The van der Waals surface area contributed by atoms with Crippen molar-refractivity contribution in [3.8, 4) is 0 Å². The number of hydrogen-bond donors (Lipinski definition) is 2. The van der Waals surface area contributed by atoms with E-state index in [4.69, 9.17) is 0 Å². The molecule has 0 saturated carbocycles. The van der Waals surface area contributed by atoms with Crippen molar-refractivity contribution in [2.75, 3.05) is 14.1 Å². The zero-order valence-corrected chi connectivity index (χ0v) is 27.7. The van der Waals surface area contributed by atoms with Crippen molar-refractivity contribution < 1.29 is 49.5 Å². The normalized spacial score (nSPS) is 12.7. The maximum Gasteiger partial charge on any atom is 0.338 e. The number of benzene rings is 4. The summed E-state index contributed by atoms with van der Waals surface area (Å²) < 4.78 is 9.32. The summed E-state index contributed by atoms with van der Waals surface area (Å²) >= 11 is 0. The lowest BCUT2D eigenvalue weighted by molar-refractivity contribution is -0.659. The van der Waals surface area contributed by atoms with E-state index in [0.29, 0.717) is 12.1 Å². The molecule has 0 saturated heterocycles. The summed E-state index contributed by atoms with van der Waals surface area (Å²) in [7, 11) is 4.24. The minimum absolute atomic E-state index is 0.0229. The van der Waals surface area contributed by atoms with Crippen molar-refractivity contribution in [1.82, 2.24) is 0 Å². The fraction of sp³-hybridized carbons (Fsp3) is 0.263. The molecule has 0 heterocycles. The number of rotatable bonds is 13. The van der Waals surface area contributed by atoms with Crippen LogP contribution in [0.15, 0.2) is 121 Å². The molecule has 0 aromatic heterocycles. The number of carbonyl (C=O) groups is 4. The monoisotopic (exact) mass is 656 g/mol. The minimum atomic E-state index is -2.39. The van der Waals surface area contributed by atoms with Crippen molar-refractivity contribution in [3.63, 3.8) is 0 Å². The average molecular weight is 657 g/mol. The fourth-order valence-corrected chi connectivity index (χ4v) is 4.19. The molecule has 10 nitrogen and oxygen atoms in total. The summed E-state index contributed by atoms with van der Waals surface area (Å²) in [6.45, 7) is 4.49. The van der Waals surface area contributed by atoms with Gasteiger partial charge in [0.25, 0.3) is 0 Å². The molecule has 0 aliphatic carbocycles. The van der Waals surface area contributed by atoms with Gasteiger partial charge in [-0.05, 0) is 49.2 Å². The summed E-state index contributed by atoms with van der Waals surface area (Å²) in [4.78, 5) is 46.5. The molecular formula is C38H44N2O8. The van der Waals surface area contributed by atoms with Gasteiger partial charge in [0.05, 0.1) is 49.2 Å². The van der Waals surface area contributed by atoms with Crippen LogP contribution < -0.4 is 20.8 Å². The van der Waals surface area contributed by atoms with Crippen molar-refractivity contribution in [2.45, 2.75) is 51.0 Å². The van der Waals surface area contributed by atoms with E-state index in [0.717, 1.165) is 12.8 Å². The summed E-state index contributed by atoms with van der Waals surface area (Å²) in [6, 6.07) is 37.1. The highest BCUT2D eigenvalue weighted by Gasteiger charge is 2.32. The first kappa shape index (κ1) is 38.9. The van der Waals surface area contributed by atoms with Gasteiger partial charge in [0.2, 0.25) is 0 Å². The third-order valence-corrected chi connectivity index (χ3v) is 7.17. The van der Waals surface area contributed by atoms with Gasteiger partial charge in [-0.15, -0.1) is 0 Å². The van der Waals surface area contributed by atoms with E-state index in [1.165, 1.54) is 59.7 Å². The summed E-state index contributed by atoms with van der Waals surface area (Å²) in [5.41, 5.74) is 2.81. The first-order chi connectivity index (χ1) is 23.0. The van der Waals surface area contributed by atoms with Crippen LogP contribution in [0.3, 0.4) is 0 Å². The number of carboxylic acid groups (broad SMARTS) is 2. The number of quaternary nitrogens is 2. The molecule has 0 radical (unpaired) electrons. The summed E-state index contributed by atoms with van der Waals surface area (Å²) in [6.07, 6.45) is -2.45. The molecule has 4 aromatic rings. The predicted molar refractivity (Wildman–Crippen MR) is 176 cm³/mol. The molecule has 0 unspecified atom stereocenters. The molecule has 0 amide bonds. The molecule has 0 fully saturated rings. The maximum atomic E-state index is 12.0. The van der Waals surface area contributed by atoms with E-state index < -0.39 is 36.1 Å². The second-order valence-electron chi connectivity index (χ2n) is 11.0. The smallest absolute Gasteiger partial charge is 0.338 e.